The lowest BCUT2D eigenvalue weighted by molar-refractivity contribution is 0.833. The molecule has 0 aliphatic heterocycles. The van der Waals surface area contributed by atoms with Gasteiger partial charge in [0.1, 0.15) is 0 Å². The van der Waals surface area contributed by atoms with Crippen LogP contribution in [0, 0.1) is 6.92 Å². The minimum Gasteiger partial charge on any atom is -0.385 e. The molecule has 0 spiro atoms. The SMILES string of the molecule is CCCCNc1ccc(Nc2ccccc2)cc1C. The van der Waals surface area contributed by atoms with Crippen LogP contribution in [0.25, 0.3) is 0 Å². The van der Waals surface area contributed by atoms with Crippen molar-refractivity contribution >= 4 is 17.1 Å². The van der Waals surface area contributed by atoms with Crippen molar-refractivity contribution in [2.75, 3.05) is 17.2 Å². The highest BCUT2D eigenvalue weighted by Crippen LogP contribution is 2.22. The molecule has 0 aromatic heterocycles. The van der Waals surface area contributed by atoms with E-state index in [1.54, 1.807) is 0 Å². The van der Waals surface area contributed by atoms with Gasteiger partial charge >= 0.3 is 0 Å². The molecule has 0 atom stereocenters. The van der Waals surface area contributed by atoms with Crippen LogP contribution in [0.3, 0.4) is 0 Å². The number of para-hydroxylation sites is 1. The van der Waals surface area contributed by atoms with E-state index in [1.807, 2.05) is 18.2 Å². The number of unbranched alkanes of at least 4 members (excludes halogenated alkanes) is 1. The zero-order chi connectivity index (χ0) is 13.5. The topological polar surface area (TPSA) is 24.1 Å². The molecule has 0 aliphatic carbocycles. The fraction of sp³-hybridized carbons (Fsp3) is 0.294. The summed E-state index contributed by atoms with van der Waals surface area (Å²) >= 11 is 0. The zero-order valence-electron chi connectivity index (χ0n) is 11.7. The summed E-state index contributed by atoms with van der Waals surface area (Å²) in [6.45, 7) is 5.40. The molecule has 0 unspecified atom stereocenters. The van der Waals surface area contributed by atoms with Gasteiger partial charge in [-0.15, -0.1) is 0 Å². The van der Waals surface area contributed by atoms with Gasteiger partial charge in [0.15, 0.2) is 0 Å². The van der Waals surface area contributed by atoms with Crippen molar-refractivity contribution in [1.29, 1.82) is 0 Å². The van der Waals surface area contributed by atoms with Gasteiger partial charge in [0.05, 0.1) is 0 Å². The van der Waals surface area contributed by atoms with Crippen molar-refractivity contribution in [3.05, 3.63) is 54.1 Å². The molecule has 2 N–H and O–H groups in total. The molecule has 0 bridgehead atoms. The molecular weight excluding hydrogens is 232 g/mol. The molecule has 2 rings (SSSR count). The quantitative estimate of drug-likeness (QED) is 0.713. The first-order valence-electron chi connectivity index (χ1n) is 6.96. The molecule has 0 heterocycles. The van der Waals surface area contributed by atoms with Crippen molar-refractivity contribution in [1.82, 2.24) is 0 Å². The Morgan fingerprint density at radius 2 is 1.74 bits per heavy atom. The Labute approximate surface area is 115 Å². The third-order valence-electron chi connectivity index (χ3n) is 3.13. The summed E-state index contributed by atoms with van der Waals surface area (Å²) in [7, 11) is 0. The summed E-state index contributed by atoms with van der Waals surface area (Å²) in [6, 6.07) is 16.7. The number of rotatable bonds is 6. The van der Waals surface area contributed by atoms with E-state index < -0.39 is 0 Å². The van der Waals surface area contributed by atoms with Gasteiger partial charge < -0.3 is 10.6 Å². The van der Waals surface area contributed by atoms with E-state index in [-0.39, 0.29) is 0 Å². The molecule has 0 radical (unpaired) electrons. The molecule has 0 amide bonds. The van der Waals surface area contributed by atoms with Gasteiger partial charge in [0.2, 0.25) is 0 Å². The van der Waals surface area contributed by atoms with Crippen LogP contribution in [0.2, 0.25) is 0 Å². The smallest absolute Gasteiger partial charge is 0.0388 e. The number of hydrogen-bond donors (Lipinski definition) is 2. The monoisotopic (exact) mass is 254 g/mol. The summed E-state index contributed by atoms with van der Waals surface area (Å²) in [5, 5.41) is 6.89. The summed E-state index contributed by atoms with van der Waals surface area (Å²) in [5.74, 6) is 0. The van der Waals surface area contributed by atoms with Crippen LogP contribution in [-0.4, -0.2) is 6.54 Å². The Balaban J connectivity index is 2.02. The predicted octanol–water partition coefficient (Wildman–Crippen LogP) is 4.95. The molecule has 0 saturated heterocycles. The predicted molar refractivity (Wildman–Crippen MR) is 84.3 cm³/mol. The lowest BCUT2D eigenvalue weighted by Gasteiger charge is -2.12. The van der Waals surface area contributed by atoms with E-state index >= 15 is 0 Å². The van der Waals surface area contributed by atoms with E-state index in [0.717, 1.165) is 17.9 Å². The van der Waals surface area contributed by atoms with Crippen LogP contribution in [0.1, 0.15) is 25.3 Å². The van der Waals surface area contributed by atoms with Crippen LogP contribution in [0.5, 0.6) is 0 Å². The second-order valence-electron chi connectivity index (χ2n) is 4.80. The Hall–Kier alpha value is -1.96. The van der Waals surface area contributed by atoms with Crippen molar-refractivity contribution in [3.63, 3.8) is 0 Å². The zero-order valence-corrected chi connectivity index (χ0v) is 11.7. The molecule has 2 nitrogen and oxygen atoms in total. The molecule has 2 aromatic rings. The number of hydrogen-bond acceptors (Lipinski definition) is 2. The highest BCUT2D eigenvalue weighted by atomic mass is 14.9. The van der Waals surface area contributed by atoms with E-state index in [4.69, 9.17) is 0 Å². The molecule has 100 valence electrons. The molecule has 0 saturated carbocycles. The molecule has 19 heavy (non-hydrogen) atoms. The van der Waals surface area contributed by atoms with Gasteiger partial charge in [0, 0.05) is 23.6 Å². The molecular formula is C17H22N2. The second-order valence-corrected chi connectivity index (χ2v) is 4.80. The molecule has 0 aliphatic rings. The first kappa shape index (κ1) is 13.5. The minimum atomic E-state index is 1.04. The third-order valence-corrected chi connectivity index (χ3v) is 3.13. The maximum atomic E-state index is 3.48. The van der Waals surface area contributed by atoms with Gasteiger partial charge in [0.25, 0.3) is 0 Å². The Bertz CT molecular complexity index is 506. The fourth-order valence-electron chi connectivity index (χ4n) is 2.03. The Morgan fingerprint density at radius 3 is 2.42 bits per heavy atom. The number of aryl methyl sites for hydroxylation is 1. The van der Waals surface area contributed by atoms with E-state index in [9.17, 15) is 0 Å². The molecule has 2 heteroatoms. The normalized spacial score (nSPS) is 10.2. The lowest BCUT2D eigenvalue weighted by atomic mass is 10.1. The van der Waals surface area contributed by atoms with Crippen LogP contribution < -0.4 is 10.6 Å². The van der Waals surface area contributed by atoms with Crippen LogP contribution in [0.15, 0.2) is 48.5 Å². The van der Waals surface area contributed by atoms with Crippen LogP contribution in [-0.2, 0) is 0 Å². The van der Waals surface area contributed by atoms with Crippen molar-refractivity contribution < 1.29 is 0 Å². The summed E-state index contributed by atoms with van der Waals surface area (Å²) in [6.07, 6.45) is 2.43. The number of nitrogens with one attached hydrogen (secondary N) is 2. The van der Waals surface area contributed by atoms with E-state index in [0.29, 0.717) is 0 Å². The average Bonchev–Trinajstić information content (AvgIpc) is 2.43. The summed E-state index contributed by atoms with van der Waals surface area (Å²) < 4.78 is 0. The second kappa shape index (κ2) is 6.83. The van der Waals surface area contributed by atoms with Gasteiger partial charge in [-0.05, 0) is 49.2 Å². The molecule has 2 aromatic carbocycles. The summed E-state index contributed by atoms with van der Waals surface area (Å²) in [4.78, 5) is 0. The van der Waals surface area contributed by atoms with Crippen molar-refractivity contribution in [2.45, 2.75) is 26.7 Å². The minimum absolute atomic E-state index is 1.04. The van der Waals surface area contributed by atoms with Crippen molar-refractivity contribution in [3.8, 4) is 0 Å². The summed E-state index contributed by atoms with van der Waals surface area (Å²) in [5.41, 5.74) is 4.75. The van der Waals surface area contributed by atoms with Gasteiger partial charge in [-0.25, -0.2) is 0 Å². The first-order valence-corrected chi connectivity index (χ1v) is 6.96. The molecule has 0 fully saturated rings. The largest absolute Gasteiger partial charge is 0.385 e. The van der Waals surface area contributed by atoms with Gasteiger partial charge in [-0.1, -0.05) is 31.5 Å². The Kier molecular flexibility index (Phi) is 4.85. The van der Waals surface area contributed by atoms with E-state index in [1.165, 1.54) is 24.1 Å². The number of benzene rings is 2. The highest BCUT2D eigenvalue weighted by molar-refractivity contribution is 5.65. The fourth-order valence-corrected chi connectivity index (χ4v) is 2.03. The Morgan fingerprint density at radius 1 is 0.947 bits per heavy atom. The standard InChI is InChI=1S/C17H22N2/c1-3-4-12-18-17-11-10-16(13-14(17)2)19-15-8-6-5-7-9-15/h5-11,13,18-19H,3-4,12H2,1-2H3. The van der Waals surface area contributed by atoms with E-state index in [2.05, 4.69) is 54.8 Å². The maximum Gasteiger partial charge on any atom is 0.0388 e. The third kappa shape index (κ3) is 4.02. The first-order chi connectivity index (χ1) is 9.29. The van der Waals surface area contributed by atoms with Crippen LogP contribution in [0.4, 0.5) is 17.1 Å². The lowest BCUT2D eigenvalue weighted by Crippen LogP contribution is -2.02. The van der Waals surface area contributed by atoms with Crippen LogP contribution >= 0.6 is 0 Å². The van der Waals surface area contributed by atoms with Gasteiger partial charge in [-0.3, -0.25) is 0 Å². The highest BCUT2D eigenvalue weighted by Gasteiger charge is 2.00. The van der Waals surface area contributed by atoms with Crippen molar-refractivity contribution in [2.24, 2.45) is 0 Å². The maximum absolute atomic E-state index is 3.48. The van der Waals surface area contributed by atoms with Gasteiger partial charge in [-0.2, -0.15) is 0 Å². The average molecular weight is 254 g/mol. The number of anilines is 3.